The van der Waals surface area contributed by atoms with Gasteiger partial charge in [0.2, 0.25) is 0 Å². The number of carboxylic acid groups (broad SMARTS) is 1. The summed E-state index contributed by atoms with van der Waals surface area (Å²) in [5.41, 5.74) is 0.839. The summed E-state index contributed by atoms with van der Waals surface area (Å²) in [7, 11) is 0. The van der Waals surface area contributed by atoms with E-state index in [4.69, 9.17) is 16.7 Å². The number of piperidine rings is 1. The average Bonchev–Trinajstić information content (AvgIpc) is 2.29. The van der Waals surface area contributed by atoms with E-state index in [-0.39, 0.29) is 0 Å². The first kappa shape index (κ1) is 13.2. The lowest BCUT2D eigenvalue weighted by Crippen LogP contribution is -2.44. The van der Waals surface area contributed by atoms with Crippen LogP contribution in [0.3, 0.4) is 0 Å². The molecular weight excluding hydrogens is 254 g/mol. The van der Waals surface area contributed by atoms with Crippen LogP contribution in [0.4, 0.5) is 4.79 Å². The molecule has 0 saturated carbocycles. The van der Waals surface area contributed by atoms with Gasteiger partial charge in [-0.3, -0.25) is 0 Å². The van der Waals surface area contributed by atoms with Crippen LogP contribution in [-0.4, -0.2) is 34.3 Å². The Morgan fingerprint density at radius 1 is 1.39 bits per heavy atom. The number of amides is 1. The van der Waals surface area contributed by atoms with E-state index in [1.807, 2.05) is 19.1 Å². The Balaban J connectivity index is 2.20. The highest BCUT2D eigenvalue weighted by molar-refractivity contribution is 6.30. The van der Waals surface area contributed by atoms with Crippen molar-refractivity contribution in [1.29, 1.82) is 0 Å². The maximum Gasteiger partial charge on any atom is 0.407 e. The molecule has 1 fully saturated rings. The molecule has 0 unspecified atom stereocenters. The molecular formula is C13H16ClNO3. The van der Waals surface area contributed by atoms with E-state index in [1.54, 1.807) is 6.07 Å². The number of halogens is 1. The predicted molar refractivity (Wildman–Crippen MR) is 68.9 cm³/mol. The largest absolute Gasteiger partial charge is 0.465 e. The summed E-state index contributed by atoms with van der Waals surface area (Å²) in [6, 6.07) is 5.40. The minimum Gasteiger partial charge on any atom is -0.465 e. The molecule has 0 aromatic heterocycles. The lowest BCUT2D eigenvalue weighted by Gasteiger charge is -2.38. The molecule has 1 aromatic rings. The van der Waals surface area contributed by atoms with E-state index in [2.05, 4.69) is 0 Å². The molecule has 1 aromatic carbocycles. The molecule has 0 bridgehead atoms. The quantitative estimate of drug-likeness (QED) is 0.824. The summed E-state index contributed by atoms with van der Waals surface area (Å²) in [5.74, 6) is 0. The predicted octanol–water partition coefficient (Wildman–Crippen LogP) is 2.61. The second kappa shape index (κ2) is 4.78. The van der Waals surface area contributed by atoms with Crippen LogP contribution in [0.25, 0.3) is 0 Å². The number of aryl methyl sites for hydroxylation is 1. The van der Waals surface area contributed by atoms with E-state index < -0.39 is 11.7 Å². The number of rotatable bonds is 1. The first-order valence-corrected chi connectivity index (χ1v) is 6.27. The first-order chi connectivity index (χ1) is 8.42. The normalized spacial score (nSPS) is 18.7. The second-order valence-corrected chi connectivity index (χ2v) is 5.20. The van der Waals surface area contributed by atoms with E-state index in [0.29, 0.717) is 31.0 Å². The van der Waals surface area contributed by atoms with Crippen LogP contribution < -0.4 is 0 Å². The second-order valence-electron chi connectivity index (χ2n) is 4.76. The van der Waals surface area contributed by atoms with E-state index >= 15 is 0 Å². The highest BCUT2D eigenvalue weighted by Crippen LogP contribution is 2.35. The number of hydrogen-bond acceptors (Lipinski definition) is 2. The van der Waals surface area contributed by atoms with Crippen molar-refractivity contribution in [2.45, 2.75) is 25.4 Å². The van der Waals surface area contributed by atoms with Crippen LogP contribution in [0.2, 0.25) is 5.02 Å². The Morgan fingerprint density at radius 3 is 2.50 bits per heavy atom. The molecule has 0 radical (unpaired) electrons. The van der Waals surface area contributed by atoms with Crippen molar-refractivity contribution in [2.75, 3.05) is 13.1 Å². The molecule has 5 heteroatoms. The summed E-state index contributed by atoms with van der Waals surface area (Å²) in [4.78, 5) is 12.2. The fraction of sp³-hybridized carbons (Fsp3) is 0.462. The van der Waals surface area contributed by atoms with Crippen molar-refractivity contribution in [3.05, 3.63) is 34.3 Å². The van der Waals surface area contributed by atoms with Crippen LogP contribution in [-0.2, 0) is 5.60 Å². The Bertz CT molecular complexity index is 467. The number of carbonyl (C=O) groups is 1. The highest BCUT2D eigenvalue weighted by atomic mass is 35.5. The summed E-state index contributed by atoms with van der Waals surface area (Å²) >= 11 is 5.90. The van der Waals surface area contributed by atoms with Crippen molar-refractivity contribution >= 4 is 17.7 Å². The molecule has 2 rings (SSSR count). The fourth-order valence-electron chi connectivity index (χ4n) is 2.49. The Morgan fingerprint density at radius 2 is 2.00 bits per heavy atom. The van der Waals surface area contributed by atoms with E-state index in [9.17, 15) is 9.90 Å². The average molecular weight is 270 g/mol. The van der Waals surface area contributed by atoms with Gasteiger partial charge in [0, 0.05) is 18.1 Å². The first-order valence-electron chi connectivity index (χ1n) is 5.89. The van der Waals surface area contributed by atoms with Crippen molar-refractivity contribution in [1.82, 2.24) is 4.90 Å². The molecule has 1 amide bonds. The summed E-state index contributed by atoms with van der Waals surface area (Å²) in [5, 5.41) is 20.2. The van der Waals surface area contributed by atoms with Gasteiger partial charge in [0.1, 0.15) is 0 Å². The zero-order valence-corrected chi connectivity index (χ0v) is 10.9. The highest BCUT2D eigenvalue weighted by Gasteiger charge is 2.36. The van der Waals surface area contributed by atoms with Gasteiger partial charge in [-0.15, -0.1) is 0 Å². The summed E-state index contributed by atoms with van der Waals surface area (Å²) in [6.07, 6.45) is -0.0892. The van der Waals surface area contributed by atoms with Gasteiger partial charge in [-0.2, -0.15) is 0 Å². The van der Waals surface area contributed by atoms with Gasteiger partial charge in [-0.25, -0.2) is 4.79 Å². The molecule has 18 heavy (non-hydrogen) atoms. The third kappa shape index (κ3) is 2.44. The van der Waals surface area contributed by atoms with E-state index in [1.165, 1.54) is 4.90 Å². The van der Waals surface area contributed by atoms with Crippen molar-refractivity contribution in [3.8, 4) is 0 Å². The number of benzene rings is 1. The van der Waals surface area contributed by atoms with Gasteiger partial charge in [0.15, 0.2) is 0 Å². The third-order valence-electron chi connectivity index (χ3n) is 3.55. The number of likely N-dealkylation sites (tertiary alicyclic amines) is 1. The van der Waals surface area contributed by atoms with Crippen molar-refractivity contribution in [2.24, 2.45) is 0 Å². The SMILES string of the molecule is Cc1cc(Cl)ccc1C1(O)CCN(C(=O)O)CC1. The Labute approximate surface area is 111 Å². The Kier molecular flexibility index (Phi) is 3.50. The zero-order chi connectivity index (χ0) is 13.3. The third-order valence-corrected chi connectivity index (χ3v) is 3.79. The Hall–Kier alpha value is -1.26. The molecule has 0 atom stereocenters. The standard InChI is InChI=1S/C13H16ClNO3/c1-9-8-10(14)2-3-11(9)13(18)4-6-15(7-5-13)12(16)17/h2-3,8,18H,4-7H2,1H3,(H,16,17). The van der Waals surface area contributed by atoms with E-state index in [0.717, 1.165) is 11.1 Å². The lowest BCUT2D eigenvalue weighted by atomic mass is 9.82. The summed E-state index contributed by atoms with van der Waals surface area (Å²) in [6.45, 7) is 2.62. The van der Waals surface area contributed by atoms with Gasteiger partial charge in [0.25, 0.3) is 0 Å². The van der Waals surface area contributed by atoms with Gasteiger partial charge in [-0.05, 0) is 43.0 Å². The van der Waals surface area contributed by atoms with Crippen LogP contribution in [0, 0.1) is 6.92 Å². The van der Waals surface area contributed by atoms with Gasteiger partial charge in [-0.1, -0.05) is 17.7 Å². The minimum absolute atomic E-state index is 0.355. The molecule has 0 aliphatic carbocycles. The number of nitrogens with zero attached hydrogens (tertiary/aromatic N) is 1. The van der Waals surface area contributed by atoms with Crippen LogP contribution >= 0.6 is 11.6 Å². The van der Waals surface area contributed by atoms with Gasteiger partial charge in [0.05, 0.1) is 5.60 Å². The van der Waals surface area contributed by atoms with Gasteiger partial charge < -0.3 is 15.1 Å². The molecule has 4 nitrogen and oxygen atoms in total. The fourth-order valence-corrected chi connectivity index (χ4v) is 2.71. The smallest absolute Gasteiger partial charge is 0.407 e. The number of hydrogen-bond donors (Lipinski definition) is 2. The maximum absolute atomic E-state index is 10.8. The monoisotopic (exact) mass is 269 g/mol. The molecule has 98 valence electrons. The topological polar surface area (TPSA) is 60.8 Å². The van der Waals surface area contributed by atoms with Crippen LogP contribution in [0.5, 0.6) is 0 Å². The molecule has 1 aliphatic heterocycles. The maximum atomic E-state index is 10.8. The lowest BCUT2D eigenvalue weighted by molar-refractivity contribution is -0.0217. The molecule has 1 aliphatic rings. The van der Waals surface area contributed by atoms with Crippen molar-refractivity contribution in [3.63, 3.8) is 0 Å². The van der Waals surface area contributed by atoms with Crippen molar-refractivity contribution < 1.29 is 15.0 Å². The molecule has 0 spiro atoms. The zero-order valence-electron chi connectivity index (χ0n) is 10.2. The van der Waals surface area contributed by atoms with Gasteiger partial charge >= 0.3 is 6.09 Å². The molecule has 1 heterocycles. The van der Waals surface area contributed by atoms with Crippen LogP contribution in [0.15, 0.2) is 18.2 Å². The molecule has 2 N–H and O–H groups in total. The minimum atomic E-state index is -0.944. The molecule has 1 saturated heterocycles. The number of aliphatic hydroxyl groups is 1. The summed E-state index contributed by atoms with van der Waals surface area (Å²) < 4.78 is 0. The van der Waals surface area contributed by atoms with Crippen LogP contribution in [0.1, 0.15) is 24.0 Å².